The SMILES string of the molecule is C#C[C@H](CCCCC)O/N=C1/c2cc(OC)c(OC)cc2-c2[nH]c3ccc(OCCN(C)C)cc3c21. The van der Waals surface area contributed by atoms with Crippen LogP contribution in [0, 0.1) is 12.3 Å². The van der Waals surface area contributed by atoms with Gasteiger partial charge in [-0.3, -0.25) is 0 Å². The highest BCUT2D eigenvalue weighted by atomic mass is 16.6. The molecule has 4 rings (SSSR count). The van der Waals surface area contributed by atoms with Crippen molar-refractivity contribution in [1.82, 2.24) is 9.88 Å². The first kappa shape index (κ1) is 25.5. The maximum atomic E-state index is 6.02. The molecule has 7 nitrogen and oxygen atoms in total. The highest BCUT2D eigenvalue weighted by molar-refractivity contribution is 6.30. The molecule has 1 aliphatic rings. The van der Waals surface area contributed by atoms with Gasteiger partial charge in [0.05, 0.1) is 19.9 Å². The molecular weight excluding hydrogens is 454 g/mol. The summed E-state index contributed by atoms with van der Waals surface area (Å²) >= 11 is 0. The second-order valence-corrected chi connectivity index (χ2v) is 9.18. The van der Waals surface area contributed by atoms with Crippen LogP contribution in [-0.4, -0.2) is 63.2 Å². The Bertz CT molecular complexity index is 1290. The molecular formula is C29H35N3O4. The van der Waals surface area contributed by atoms with Crippen molar-refractivity contribution in [3.05, 3.63) is 41.5 Å². The monoisotopic (exact) mass is 489 g/mol. The zero-order chi connectivity index (χ0) is 25.7. The molecule has 3 aromatic rings. The van der Waals surface area contributed by atoms with E-state index in [1.165, 1.54) is 0 Å². The average molecular weight is 490 g/mol. The van der Waals surface area contributed by atoms with Crippen LogP contribution in [-0.2, 0) is 4.84 Å². The van der Waals surface area contributed by atoms with E-state index in [-0.39, 0.29) is 6.10 Å². The summed E-state index contributed by atoms with van der Waals surface area (Å²) in [5.41, 5.74) is 5.49. The van der Waals surface area contributed by atoms with Crippen molar-refractivity contribution in [2.75, 3.05) is 41.5 Å². The van der Waals surface area contributed by atoms with Crippen molar-refractivity contribution >= 4 is 16.6 Å². The van der Waals surface area contributed by atoms with Crippen LogP contribution in [0.5, 0.6) is 17.2 Å². The Balaban J connectivity index is 1.78. The third-order valence-corrected chi connectivity index (χ3v) is 6.39. The number of benzene rings is 2. The molecule has 0 unspecified atom stereocenters. The summed E-state index contributed by atoms with van der Waals surface area (Å²) in [6.45, 7) is 3.60. The van der Waals surface area contributed by atoms with Gasteiger partial charge in [0.25, 0.3) is 0 Å². The Hall–Kier alpha value is -3.63. The van der Waals surface area contributed by atoms with Crippen LogP contribution in [0.4, 0.5) is 0 Å². The first-order chi connectivity index (χ1) is 17.5. The van der Waals surface area contributed by atoms with E-state index in [4.69, 9.17) is 25.5 Å². The van der Waals surface area contributed by atoms with E-state index in [9.17, 15) is 0 Å². The number of nitrogens with zero attached hydrogens (tertiary/aromatic N) is 2. The summed E-state index contributed by atoms with van der Waals surface area (Å²) in [4.78, 5) is 11.6. The van der Waals surface area contributed by atoms with E-state index in [1.807, 2.05) is 38.4 Å². The van der Waals surface area contributed by atoms with Gasteiger partial charge in [-0.1, -0.05) is 30.8 Å². The lowest BCUT2D eigenvalue weighted by atomic mass is 10.1. The summed E-state index contributed by atoms with van der Waals surface area (Å²) < 4.78 is 17.2. The number of methoxy groups -OCH3 is 2. The Kier molecular flexibility index (Phi) is 8.07. The molecule has 190 valence electrons. The number of rotatable bonds is 12. The molecule has 0 fully saturated rings. The van der Waals surface area contributed by atoms with Gasteiger partial charge >= 0.3 is 0 Å². The van der Waals surface area contributed by atoms with Crippen LogP contribution in [0.15, 0.2) is 35.5 Å². The summed E-state index contributed by atoms with van der Waals surface area (Å²) in [5.74, 6) is 4.82. The minimum atomic E-state index is -0.383. The topological polar surface area (TPSA) is 68.3 Å². The van der Waals surface area contributed by atoms with Gasteiger partial charge in [-0.25, -0.2) is 0 Å². The fourth-order valence-electron chi connectivity index (χ4n) is 4.43. The number of aromatic amines is 1. The van der Waals surface area contributed by atoms with E-state index in [0.29, 0.717) is 23.8 Å². The Morgan fingerprint density at radius 2 is 1.81 bits per heavy atom. The quantitative estimate of drug-likeness (QED) is 0.163. The van der Waals surface area contributed by atoms with Crippen molar-refractivity contribution < 1.29 is 19.0 Å². The number of oxime groups is 1. The Morgan fingerprint density at radius 3 is 2.47 bits per heavy atom. The minimum absolute atomic E-state index is 0.383. The lowest BCUT2D eigenvalue weighted by Crippen LogP contribution is -2.19. The fraction of sp³-hybridized carbons (Fsp3) is 0.414. The van der Waals surface area contributed by atoms with Gasteiger partial charge in [-0.15, -0.1) is 6.42 Å². The molecule has 1 aromatic heterocycles. The van der Waals surface area contributed by atoms with Crippen molar-refractivity contribution in [3.63, 3.8) is 0 Å². The van der Waals surface area contributed by atoms with Gasteiger partial charge in [-0.05, 0) is 57.3 Å². The first-order valence-electron chi connectivity index (χ1n) is 12.4. The lowest BCUT2D eigenvalue weighted by molar-refractivity contribution is 0.0916. The zero-order valence-corrected chi connectivity index (χ0v) is 21.8. The molecule has 7 heteroatoms. The number of ether oxygens (including phenoxy) is 3. The molecule has 1 atom stereocenters. The lowest BCUT2D eigenvalue weighted by Gasteiger charge is -2.13. The van der Waals surface area contributed by atoms with Crippen molar-refractivity contribution in [3.8, 4) is 40.8 Å². The molecule has 0 radical (unpaired) electrons. The number of hydrogen-bond donors (Lipinski definition) is 1. The van der Waals surface area contributed by atoms with Gasteiger partial charge < -0.3 is 28.9 Å². The third-order valence-electron chi connectivity index (χ3n) is 6.39. The van der Waals surface area contributed by atoms with Crippen LogP contribution < -0.4 is 14.2 Å². The average Bonchev–Trinajstić information content (AvgIpc) is 3.39. The number of terminal acetylenes is 1. The number of fused-ring (bicyclic) bond motifs is 5. The fourth-order valence-corrected chi connectivity index (χ4v) is 4.43. The number of H-pyrrole nitrogens is 1. The molecule has 0 amide bonds. The number of hydrogen-bond acceptors (Lipinski definition) is 6. The number of nitrogens with one attached hydrogen (secondary N) is 1. The normalized spacial score (nSPS) is 14.0. The van der Waals surface area contributed by atoms with E-state index in [0.717, 1.165) is 71.3 Å². The standard InChI is InChI=1S/C29H35N3O4/c1-7-9-10-11-19(8-2)36-31-29-22-18-26(34-6)25(33-5)17-21(22)28-27(29)23-16-20(12-13-24(23)30-28)35-15-14-32(3)4/h2,12-13,16-19,30H,7,9-11,14-15H2,1,3-6H3/b31-29-/t19-/m1/s1. The molecule has 0 saturated carbocycles. The molecule has 1 heterocycles. The number of likely N-dealkylation sites (N-methyl/N-ethyl adjacent to an activating group) is 1. The second kappa shape index (κ2) is 11.4. The van der Waals surface area contributed by atoms with E-state index >= 15 is 0 Å². The third kappa shape index (κ3) is 5.14. The van der Waals surface area contributed by atoms with Crippen LogP contribution in [0.25, 0.3) is 22.2 Å². The highest BCUT2D eigenvalue weighted by Gasteiger charge is 2.32. The van der Waals surface area contributed by atoms with Crippen molar-refractivity contribution in [2.24, 2.45) is 5.16 Å². The van der Waals surface area contributed by atoms with Gasteiger partial charge in [0, 0.05) is 34.1 Å². The number of unbranched alkanes of at least 4 members (excludes halogenated alkanes) is 2. The van der Waals surface area contributed by atoms with Gasteiger partial charge in [0.15, 0.2) is 17.6 Å². The Morgan fingerprint density at radius 1 is 1.06 bits per heavy atom. The zero-order valence-electron chi connectivity index (χ0n) is 21.8. The van der Waals surface area contributed by atoms with Crippen molar-refractivity contribution in [2.45, 2.75) is 38.7 Å². The summed E-state index contributed by atoms with van der Waals surface area (Å²) in [5, 5.41) is 5.64. The molecule has 0 aliphatic heterocycles. The van der Waals surface area contributed by atoms with Crippen LogP contribution in [0.3, 0.4) is 0 Å². The molecule has 0 spiro atoms. The maximum Gasteiger partial charge on any atom is 0.187 e. The van der Waals surface area contributed by atoms with Crippen LogP contribution in [0.1, 0.15) is 43.7 Å². The largest absolute Gasteiger partial charge is 0.493 e. The van der Waals surface area contributed by atoms with Crippen LogP contribution in [0.2, 0.25) is 0 Å². The number of aromatic nitrogens is 1. The smallest absolute Gasteiger partial charge is 0.187 e. The molecule has 0 bridgehead atoms. The summed E-state index contributed by atoms with van der Waals surface area (Å²) in [6, 6.07) is 9.98. The van der Waals surface area contributed by atoms with Gasteiger partial charge in [0.1, 0.15) is 18.1 Å². The van der Waals surface area contributed by atoms with E-state index in [1.54, 1.807) is 14.2 Å². The van der Waals surface area contributed by atoms with Crippen LogP contribution >= 0.6 is 0 Å². The molecule has 0 saturated heterocycles. The minimum Gasteiger partial charge on any atom is -0.493 e. The Labute approximate surface area is 213 Å². The highest BCUT2D eigenvalue weighted by Crippen LogP contribution is 2.46. The summed E-state index contributed by atoms with van der Waals surface area (Å²) in [6.07, 6.45) is 9.39. The van der Waals surface area contributed by atoms with Gasteiger partial charge in [0.2, 0.25) is 0 Å². The maximum absolute atomic E-state index is 6.02. The summed E-state index contributed by atoms with van der Waals surface area (Å²) in [7, 11) is 7.31. The molecule has 2 aromatic carbocycles. The van der Waals surface area contributed by atoms with Crippen molar-refractivity contribution in [1.29, 1.82) is 0 Å². The predicted molar refractivity (Wildman–Crippen MR) is 144 cm³/mol. The molecule has 1 aliphatic carbocycles. The molecule has 1 N–H and O–H groups in total. The van der Waals surface area contributed by atoms with E-state index in [2.05, 4.69) is 34.0 Å². The molecule has 36 heavy (non-hydrogen) atoms. The van der Waals surface area contributed by atoms with E-state index < -0.39 is 0 Å². The first-order valence-corrected chi connectivity index (χ1v) is 12.4. The predicted octanol–water partition coefficient (Wildman–Crippen LogP) is 5.46. The second-order valence-electron chi connectivity index (χ2n) is 9.18. The van der Waals surface area contributed by atoms with Gasteiger partial charge in [-0.2, -0.15) is 0 Å².